The van der Waals surface area contributed by atoms with Crippen LogP contribution in [0.25, 0.3) is 0 Å². The van der Waals surface area contributed by atoms with Gasteiger partial charge in [-0.15, -0.1) is 0 Å². The quantitative estimate of drug-likeness (QED) is 0.855. The van der Waals surface area contributed by atoms with E-state index in [-0.39, 0.29) is 11.2 Å². The Morgan fingerprint density at radius 1 is 1.00 bits per heavy atom. The lowest BCUT2D eigenvalue weighted by molar-refractivity contribution is -0.183. The SMILES string of the molecule is CC1(C)CN(CC2CCCCC2CN)CC(C)(C)O1. The van der Waals surface area contributed by atoms with Crippen molar-refractivity contribution in [2.75, 3.05) is 26.2 Å². The van der Waals surface area contributed by atoms with Gasteiger partial charge < -0.3 is 10.5 Å². The minimum atomic E-state index is -0.0331. The average molecular weight is 268 g/mol. The van der Waals surface area contributed by atoms with Gasteiger partial charge in [-0.05, 0) is 58.9 Å². The van der Waals surface area contributed by atoms with Crippen molar-refractivity contribution in [2.24, 2.45) is 17.6 Å². The topological polar surface area (TPSA) is 38.5 Å². The molecule has 2 N–H and O–H groups in total. The number of rotatable bonds is 3. The molecule has 0 amide bonds. The highest BCUT2D eigenvalue weighted by molar-refractivity contribution is 4.91. The summed E-state index contributed by atoms with van der Waals surface area (Å²) in [5, 5.41) is 0. The number of nitrogens with two attached hydrogens (primary N) is 1. The second-order valence-electron chi connectivity index (χ2n) is 7.83. The molecule has 0 aromatic heterocycles. The van der Waals surface area contributed by atoms with E-state index in [4.69, 9.17) is 10.5 Å². The summed E-state index contributed by atoms with van der Waals surface area (Å²) in [5.74, 6) is 1.53. The summed E-state index contributed by atoms with van der Waals surface area (Å²) in [6.45, 7) is 13.0. The zero-order valence-corrected chi connectivity index (χ0v) is 13.2. The molecule has 0 spiro atoms. The first kappa shape index (κ1) is 15.3. The Bertz CT molecular complexity index is 285. The summed E-state index contributed by atoms with van der Waals surface area (Å²) in [6.07, 6.45) is 5.45. The third kappa shape index (κ3) is 4.17. The van der Waals surface area contributed by atoms with Gasteiger partial charge in [-0.25, -0.2) is 0 Å². The second-order valence-corrected chi connectivity index (χ2v) is 7.83. The fourth-order valence-corrected chi connectivity index (χ4v) is 4.24. The molecule has 3 nitrogen and oxygen atoms in total. The number of ether oxygens (including phenoxy) is 1. The van der Waals surface area contributed by atoms with Crippen LogP contribution < -0.4 is 5.73 Å². The second kappa shape index (κ2) is 5.71. The molecule has 1 aliphatic heterocycles. The predicted molar refractivity (Wildman–Crippen MR) is 80.2 cm³/mol. The van der Waals surface area contributed by atoms with Gasteiger partial charge in [0.05, 0.1) is 11.2 Å². The monoisotopic (exact) mass is 268 g/mol. The van der Waals surface area contributed by atoms with E-state index in [1.54, 1.807) is 0 Å². The van der Waals surface area contributed by atoms with Crippen LogP contribution in [0.15, 0.2) is 0 Å². The zero-order chi connectivity index (χ0) is 14.1. The van der Waals surface area contributed by atoms with Crippen LogP contribution in [-0.4, -0.2) is 42.3 Å². The van der Waals surface area contributed by atoms with Gasteiger partial charge in [0.2, 0.25) is 0 Å². The van der Waals surface area contributed by atoms with Crippen molar-refractivity contribution in [3.63, 3.8) is 0 Å². The molecule has 1 heterocycles. The van der Waals surface area contributed by atoms with Crippen molar-refractivity contribution >= 4 is 0 Å². The zero-order valence-electron chi connectivity index (χ0n) is 13.2. The van der Waals surface area contributed by atoms with E-state index in [2.05, 4.69) is 32.6 Å². The van der Waals surface area contributed by atoms with Crippen LogP contribution in [-0.2, 0) is 4.74 Å². The van der Waals surface area contributed by atoms with Gasteiger partial charge in [0.25, 0.3) is 0 Å². The van der Waals surface area contributed by atoms with Gasteiger partial charge in [0.1, 0.15) is 0 Å². The maximum atomic E-state index is 6.17. The Labute approximate surface area is 118 Å². The van der Waals surface area contributed by atoms with Crippen LogP contribution in [0.2, 0.25) is 0 Å². The number of nitrogens with zero attached hydrogens (tertiary/aromatic N) is 1. The van der Waals surface area contributed by atoms with Crippen molar-refractivity contribution in [2.45, 2.75) is 64.6 Å². The summed E-state index contributed by atoms with van der Waals surface area (Å²) >= 11 is 0. The van der Waals surface area contributed by atoms with Gasteiger partial charge in [-0.2, -0.15) is 0 Å². The molecule has 2 atom stereocenters. The minimum Gasteiger partial charge on any atom is -0.367 e. The maximum absolute atomic E-state index is 6.17. The third-order valence-electron chi connectivity index (χ3n) is 4.62. The molecular formula is C16H32N2O. The molecular weight excluding hydrogens is 236 g/mol. The van der Waals surface area contributed by atoms with Gasteiger partial charge in [-0.3, -0.25) is 4.90 Å². The molecule has 1 saturated heterocycles. The molecule has 0 bridgehead atoms. The number of hydrogen-bond acceptors (Lipinski definition) is 3. The molecule has 2 aliphatic rings. The van der Waals surface area contributed by atoms with Gasteiger partial charge >= 0.3 is 0 Å². The molecule has 1 saturated carbocycles. The number of hydrogen-bond donors (Lipinski definition) is 1. The predicted octanol–water partition coefficient (Wildman–Crippen LogP) is 2.64. The average Bonchev–Trinajstić information content (AvgIpc) is 2.25. The van der Waals surface area contributed by atoms with Crippen LogP contribution in [0.1, 0.15) is 53.4 Å². The summed E-state index contributed by atoms with van der Waals surface area (Å²) in [4.78, 5) is 2.61. The first-order chi connectivity index (χ1) is 8.81. The van der Waals surface area contributed by atoms with Crippen molar-refractivity contribution in [3.8, 4) is 0 Å². The lowest BCUT2D eigenvalue weighted by Gasteiger charge is -2.48. The van der Waals surface area contributed by atoms with Crippen LogP contribution in [0.4, 0.5) is 0 Å². The van der Waals surface area contributed by atoms with Gasteiger partial charge in [0.15, 0.2) is 0 Å². The summed E-state index contributed by atoms with van der Waals surface area (Å²) in [7, 11) is 0. The third-order valence-corrected chi connectivity index (χ3v) is 4.62. The minimum absolute atomic E-state index is 0.0331. The van der Waals surface area contributed by atoms with E-state index >= 15 is 0 Å². The van der Waals surface area contributed by atoms with Crippen molar-refractivity contribution in [3.05, 3.63) is 0 Å². The lowest BCUT2D eigenvalue weighted by atomic mass is 9.78. The first-order valence-electron chi connectivity index (χ1n) is 7.94. The van der Waals surface area contributed by atoms with Crippen LogP contribution >= 0.6 is 0 Å². The summed E-state index contributed by atoms with van der Waals surface area (Å²) in [5.41, 5.74) is 5.90. The van der Waals surface area contributed by atoms with E-state index in [9.17, 15) is 0 Å². The largest absolute Gasteiger partial charge is 0.367 e. The Balaban J connectivity index is 1.97. The van der Waals surface area contributed by atoms with Crippen LogP contribution in [0.5, 0.6) is 0 Å². The van der Waals surface area contributed by atoms with E-state index in [1.807, 2.05) is 0 Å². The van der Waals surface area contributed by atoms with Crippen molar-refractivity contribution in [1.82, 2.24) is 4.90 Å². The van der Waals surface area contributed by atoms with E-state index < -0.39 is 0 Å². The molecule has 2 fully saturated rings. The van der Waals surface area contributed by atoms with Crippen molar-refractivity contribution in [1.29, 1.82) is 0 Å². The molecule has 2 unspecified atom stereocenters. The highest BCUT2D eigenvalue weighted by atomic mass is 16.5. The van der Waals surface area contributed by atoms with Gasteiger partial charge in [-0.1, -0.05) is 12.8 Å². The van der Waals surface area contributed by atoms with Gasteiger partial charge in [0, 0.05) is 19.6 Å². The molecule has 2 rings (SSSR count). The molecule has 0 aromatic carbocycles. The highest BCUT2D eigenvalue weighted by Crippen LogP contribution is 2.33. The van der Waals surface area contributed by atoms with E-state index in [1.165, 1.54) is 32.2 Å². The Morgan fingerprint density at radius 3 is 2.05 bits per heavy atom. The summed E-state index contributed by atoms with van der Waals surface area (Å²) < 4.78 is 6.17. The molecule has 1 aliphatic carbocycles. The smallest absolute Gasteiger partial charge is 0.0760 e. The lowest BCUT2D eigenvalue weighted by Crippen LogP contribution is -2.58. The Morgan fingerprint density at radius 2 is 1.53 bits per heavy atom. The molecule has 0 aromatic rings. The number of morpholine rings is 1. The Hall–Kier alpha value is -0.120. The van der Waals surface area contributed by atoms with Crippen LogP contribution in [0, 0.1) is 11.8 Å². The first-order valence-corrected chi connectivity index (χ1v) is 7.94. The summed E-state index contributed by atoms with van der Waals surface area (Å²) in [6, 6.07) is 0. The van der Waals surface area contributed by atoms with E-state index in [0.29, 0.717) is 0 Å². The normalized spacial score (nSPS) is 35.2. The Kier molecular flexibility index (Phi) is 4.59. The molecule has 0 radical (unpaired) electrons. The standard InChI is InChI=1S/C16H32N2O/c1-15(2)11-18(12-16(3,4)19-15)10-14-8-6-5-7-13(14)9-17/h13-14H,5-12,17H2,1-4H3. The fourth-order valence-electron chi connectivity index (χ4n) is 4.24. The molecule has 112 valence electrons. The molecule has 19 heavy (non-hydrogen) atoms. The molecule has 3 heteroatoms. The highest BCUT2D eigenvalue weighted by Gasteiger charge is 2.39. The fraction of sp³-hybridized carbons (Fsp3) is 1.00. The van der Waals surface area contributed by atoms with Crippen molar-refractivity contribution < 1.29 is 4.74 Å². The van der Waals surface area contributed by atoms with E-state index in [0.717, 1.165) is 31.5 Å². The van der Waals surface area contributed by atoms with Crippen LogP contribution in [0.3, 0.4) is 0 Å². The maximum Gasteiger partial charge on any atom is 0.0760 e.